The Morgan fingerprint density at radius 1 is 1.11 bits per heavy atom. The lowest BCUT2D eigenvalue weighted by atomic mass is 10.1. The standard InChI is InChI=1S/C16H17NO/c1-18-15-7-4-5-13(11-15)12-17-10-9-14-6-2-3-8-16(14)17/h2-8,11H,9-10,12H2,1H3. The van der Waals surface area contributed by atoms with Crippen LogP contribution in [0.2, 0.25) is 0 Å². The van der Waals surface area contributed by atoms with E-state index in [2.05, 4.69) is 47.4 Å². The molecule has 0 unspecified atom stereocenters. The Bertz CT molecular complexity index is 550. The number of hydrogen-bond donors (Lipinski definition) is 0. The van der Waals surface area contributed by atoms with Crippen molar-refractivity contribution in [3.05, 3.63) is 59.7 Å². The minimum atomic E-state index is 0.931. The molecule has 0 amide bonds. The van der Waals surface area contributed by atoms with Gasteiger partial charge in [0.1, 0.15) is 5.75 Å². The molecule has 1 aliphatic rings. The molecule has 0 bridgehead atoms. The number of ether oxygens (including phenoxy) is 1. The van der Waals surface area contributed by atoms with Gasteiger partial charge in [0.2, 0.25) is 0 Å². The van der Waals surface area contributed by atoms with E-state index >= 15 is 0 Å². The average Bonchev–Trinajstić information content (AvgIpc) is 2.83. The van der Waals surface area contributed by atoms with E-state index in [4.69, 9.17) is 4.74 Å². The van der Waals surface area contributed by atoms with Crippen LogP contribution in [0.5, 0.6) is 5.75 Å². The number of methoxy groups -OCH3 is 1. The van der Waals surface area contributed by atoms with Gasteiger partial charge in [-0.1, -0.05) is 30.3 Å². The predicted octanol–water partition coefficient (Wildman–Crippen LogP) is 3.26. The quantitative estimate of drug-likeness (QED) is 0.815. The van der Waals surface area contributed by atoms with Gasteiger partial charge in [0.05, 0.1) is 7.11 Å². The predicted molar refractivity (Wildman–Crippen MR) is 74.2 cm³/mol. The molecule has 0 aromatic heterocycles. The molecule has 0 fully saturated rings. The highest BCUT2D eigenvalue weighted by atomic mass is 16.5. The Morgan fingerprint density at radius 3 is 2.89 bits per heavy atom. The minimum absolute atomic E-state index is 0.931. The summed E-state index contributed by atoms with van der Waals surface area (Å²) in [5, 5.41) is 0. The molecule has 2 heteroatoms. The molecule has 0 atom stereocenters. The van der Waals surface area contributed by atoms with Crippen molar-refractivity contribution in [3.63, 3.8) is 0 Å². The molecule has 0 radical (unpaired) electrons. The van der Waals surface area contributed by atoms with Crippen LogP contribution < -0.4 is 9.64 Å². The number of anilines is 1. The van der Waals surface area contributed by atoms with Gasteiger partial charge in [0, 0.05) is 18.8 Å². The third-order valence-corrected chi connectivity index (χ3v) is 3.49. The molecule has 3 rings (SSSR count). The molecule has 2 aromatic carbocycles. The summed E-state index contributed by atoms with van der Waals surface area (Å²) < 4.78 is 5.27. The lowest BCUT2D eigenvalue weighted by molar-refractivity contribution is 0.414. The third-order valence-electron chi connectivity index (χ3n) is 3.49. The first kappa shape index (κ1) is 11.1. The van der Waals surface area contributed by atoms with Crippen LogP contribution in [0.15, 0.2) is 48.5 Å². The van der Waals surface area contributed by atoms with Crippen molar-refractivity contribution in [1.82, 2.24) is 0 Å². The first-order chi connectivity index (χ1) is 8.86. The highest BCUT2D eigenvalue weighted by Crippen LogP contribution is 2.29. The van der Waals surface area contributed by atoms with Crippen molar-refractivity contribution >= 4 is 5.69 Å². The van der Waals surface area contributed by atoms with Crippen molar-refractivity contribution < 1.29 is 4.74 Å². The zero-order chi connectivity index (χ0) is 12.4. The summed E-state index contributed by atoms with van der Waals surface area (Å²) >= 11 is 0. The van der Waals surface area contributed by atoms with E-state index in [1.165, 1.54) is 16.8 Å². The van der Waals surface area contributed by atoms with Gasteiger partial charge in [-0.2, -0.15) is 0 Å². The smallest absolute Gasteiger partial charge is 0.119 e. The number of hydrogen-bond acceptors (Lipinski definition) is 2. The van der Waals surface area contributed by atoms with Crippen LogP contribution in [0.4, 0.5) is 5.69 Å². The second kappa shape index (κ2) is 4.73. The summed E-state index contributed by atoms with van der Waals surface area (Å²) in [6.45, 7) is 2.06. The summed E-state index contributed by atoms with van der Waals surface area (Å²) in [6, 6.07) is 17.0. The second-order valence-electron chi connectivity index (χ2n) is 4.65. The maximum atomic E-state index is 5.27. The van der Waals surface area contributed by atoms with Crippen LogP contribution in [0.1, 0.15) is 11.1 Å². The summed E-state index contributed by atoms with van der Waals surface area (Å²) in [5.74, 6) is 0.931. The highest BCUT2D eigenvalue weighted by molar-refractivity contribution is 5.58. The van der Waals surface area contributed by atoms with E-state index in [9.17, 15) is 0 Å². The van der Waals surface area contributed by atoms with E-state index in [-0.39, 0.29) is 0 Å². The van der Waals surface area contributed by atoms with Gasteiger partial charge >= 0.3 is 0 Å². The topological polar surface area (TPSA) is 12.5 Å². The maximum Gasteiger partial charge on any atom is 0.119 e. The molecule has 2 nitrogen and oxygen atoms in total. The van der Waals surface area contributed by atoms with Crippen molar-refractivity contribution in [2.45, 2.75) is 13.0 Å². The van der Waals surface area contributed by atoms with Crippen molar-refractivity contribution in [3.8, 4) is 5.75 Å². The molecule has 2 aromatic rings. The normalized spacial score (nSPS) is 13.5. The van der Waals surface area contributed by atoms with Crippen LogP contribution in [0, 0.1) is 0 Å². The summed E-state index contributed by atoms with van der Waals surface area (Å²) in [7, 11) is 1.71. The van der Waals surface area contributed by atoms with Crippen LogP contribution >= 0.6 is 0 Å². The van der Waals surface area contributed by atoms with Crippen molar-refractivity contribution in [2.24, 2.45) is 0 Å². The first-order valence-electron chi connectivity index (χ1n) is 6.32. The van der Waals surface area contributed by atoms with Crippen LogP contribution in [-0.4, -0.2) is 13.7 Å². The number of rotatable bonds is 3. The number of nitrogens with zero attached hydrogens (tertiary/aromatic N) is 1. The first-order valence-corrected chi connectivity index (χ1v) is 6.32. The van der Waals surface area contributed by atoms with Gasteiger partial charge in [0.15, 0.2) is 0 Å². The number of benzene rings is 2. The van der Waals surface area contributed by atoms with E-state index < -0.39 is 0 Å². The molecule has 18 heavy (non-hydrogen) atoms. The minimum Gasteiger partial charge on any atom is -0.497 e. The van der Waals surface area contributed by atoms with Gasteiger partial charge in [-0.05, 0) is 35.7 Å². The molecule has 0 aliphatic carbocycles. The zero-order valence-electron chi connectivity index (χ0n) is 10.6. The van der Waals surface area contributed by atoms with Gasteiger partial charge in [-0.3, -0.25) is 0 Å². The molecule has 92 valence electrons. The Hall–Kier alpha value is -1.96. The largest absolute Gasteiger partial charge is 0.497 e. The third kappa shape index (κ3) is 2.06. The van der Waals surface area contributed by atoms with E-state index in [0.717, 1.165) is 25.3 Å². The number of para-hydroxylation sites is 1. The highest BCUT2D eigenvalue weighted by Gasteiger charge is 2.18. The number of fused-ring (bicyclic) bond motifs is 1. The van der Waals surface area contributed by atoms with Crippen LogP contribution in [0.3, 0.4) is 0 Å². The summed E-state index contributed by atoms with van der Waals surface area (Å²) in [6.07, 6.45) is 1.15. The van der Waals surface area contributed by atoms with E-state index in [0.29, 0.717) is 0 Å². The van der Waals surface area contributed by atoms with Crippen LogP contribution in [0.25, 0.3) is 0 Å². The fourth-order valence-corrected chi connectivity index (χ4v) is 2.56. The lowest BCUT2D eigenvalue weighted by Crippen LogP contribution is -2.19. The summed E-state index contributed by atoms with van der Waals surface area (Å²) in [4.78, 5) is 2.43. The van der Waals surface area contributed by atoms with Crippen molar-refractivity contribution in [1.29, 1.82) is 0 Å². The van der Waals surface area contributed by atoms with E-state index in [1.807, 2.05) is 6.07 Å². The molecule has 1 heterocycles. The Kier molecular flexibility index (Phi) is 2.93. The van der Waals surface area contributed by atoms with Gasteiger partial charge in [-0.15, -0.1) is 0 Å². The molecular weight excluding hydrogens is 222 g/mol. The maximum absolute atomic E-state index is 5.27. The van der Waals surface area contributed by atoms with Gasteiger partial charge in [-0.25, -0.2) is 0 Å². The van der Waals surface area contributed by atoms with Gasteiger partial charge in [0.25, 0.3) is 0 Å². The zero-order valence-corrected chi connectivity index (χ0v) is 10.6. The molecule has 1 aliphatic heterocycles. The Balaban J connectivity index is 1.82. The molecule has 0 N–H and O–H groups in total. The Labute approximate surface area is 108 Å². The Morgan fingerprint density at radius 2 is 2.00 bits per heavy atom. The van der Waals surface area contributed by atoms with Gasteiger partial charge < -0.3 is 9.64 Å². The van der Waals surface area contributed by atoms with Crippen molar-refractivity contribution in [2.75, 3.05) is 18.6 Å². The average molecular weight is 239 g/mol. The summed E-state index contributed by atoms with van der Waals surface area (Å²) in [5.41, 5.74) is 4.13. The molecule has 0 saturated heterocycles. The van der Waals surface area contributed by atoms with Crippen LogP contribution in [-0.2, 0) is 13.0 Å². The lowest BCUT2D eigenvalue weighted by Gasteiger charge is -2.19. The fourth-order valence-electron chi connectivity index (χ4n) is 2.56. The molecule has 0 spiro atoms. The molecule has 0 saturated carbocycles. The second-order valence-corrected chi connectivity index (χ2v) is 4.65. The fraction of sp³-hybridized carbons (Fsp3) is 0.250. The monoisotopic (exact) mass is 239 g/mol. The molecular formula is C16H17NO. The van der Waals surface area contributed by atoms with E-state index in [1.54, 1.807) is 7.11 Å². The SMILES string of the molecule is COc1cccc(CN2CCc3ccccc32)c1.